The van der Waals surface area contributed by atoms with Gasteiger partial charge < -0.3 is 5.73 Å². The van der Waals surface area contributed by atoms with Crippen LogP contribution in [-0.4, -0.2) is 28.6 Å². The number of nitrogens with one attached hydrogen (secondary N) is 1. The predicted octanol–water partition coefficient (Wildman–Crippen LogP) is 2.29. The first-order valence-corrected chi connectivity index (χ1v) is 7.90. The van der Waals surface area contributed by atoms with Gasteiger partial charge in [-0.25, -0.2) is 10.2 Å². The maximum Gasteiger partial charge on any atom is 0.274 e. The quantitative estimate of drug-likeness (QED) is 0.543. The van der Waals surface area contributed by atoms with Gasteiger partial charge in [0.25, 0.3) is 5.91 Å². The molecule has 7 heteroatoms. The lowest BCUT2D eigenvalue weighted by atomic mass is 10.1. The molecule has 3 N–H and O–H groups in total. The van der Waals surface area contributed by atoms with E-state index < -0.39 is 0 Å². The van der Waals surface area contributed by atoms with Crippen LogP contribution in [0.1, 0.15) is 31.8 Å². The molecule has 0 aliphatic heterocycles. The lowest BCUT2D eigenvalue weighted by molar-refractivity contribution is 0.0537. The zero-order valence-corrected chi connectivity index (χ0v) is 14.4. The summed E-state index contributed by atoms with van der Waals surface area (Å²) in [6, 6.07) is 13.9. The van der Waals surface area contributed by atoms with E-state index in [4.69, 9.17) is 5.73 Å². The van der Waals surface area contributed by atoms with E-state index >= 15 is 0 Å². The molecule has 0 fully saturated rings. The Morgan fingerprint density at radius 2 is 1.85 bits per heavy atom. The number of hydrogen-bond donors (Lipinski definition) is 2. The summed E-state index contributed by atoms with van der Waals surface area (Å²) < 4.78 is 1.45. The van der Waals surface area contributed by atoms with Gasteiger partial charge >= 0.3 is 0 Å². The molecule has 1 heterocycles. The van der Waals surface area contributed by atoms with E-state index in [-0.39, 0.29) is 17.5 Å². The smallest absolute Gasteiger partial charge is 0.274 e. The molecule has 0 aliphatic carbocycles. The maximum absolute atomic E-state index is 12.6. The van der Waals surface area contributed by atoms with Gasteiger partial charge in [0.15, 0.2) is 5.78 Å². The molecule has 0 unspecified atom stereocenters. The van der Waals surface area contributed by atoms with E-state index in [2.05, 4.69) is 15.4 Å². The van der Waals surface area contributed by atoms with Crippen molar-refractivity contribution in [2.24, 2.45) is 0 Å². The van der Waals surface area contributed by atoms with E-state index in [1.165, 1.54) is 18.0 Å². The Kier molecular flexibility index (Phi) is 4.81. The molecule has 0 spiro atoms. The summed E-state index contributed by atoms with van der Waals surface area (Å²) in [5.74, 6) is -0.383. The SMILES string of the molecule is CONC(=O)c1ccc(C)c(-n2ncc(C(=O)c3ccccc3)c2N)c1. The number of nitrogen functional groups attached to an aromatic ring is 1. The van der Waals surface area contributed by atoms with Crippen molar-refractivity contribution >= 4 is 17.5 Å². The molecule has 0 radical (unpaired) electrons. The number of aromatic nitrogens is 2. The van der Waals surface area contributed by atoms with Gasteiger partial charge in [-0.1, -0.05) is 36.4 Å². The Morgan fingerprint density at radius 3 is 2.54 bits per heavy atom. The van der Waals surface area contributed by atoms with Gasteiger partial charge in [-0.15, -0.1) is 0 Å². The van der Waals surface area contributed by atoms with Gasteiger partial charge in [0, 0.05) is 11.1 Å². The Bertz CT molecular complexity index is 964. The minimum Gasteiger partial charge on any atom is -0.383 e. The first kappa shape index (κ1) is 17.4. The van der Waals surface area contributed by atoms with Crippen molar-refractivity contribution in [3.8, 4) is 5.69 Å². The number of anilines is 1. The molecule has 7 nitrogen and oxygen atoms in total. The molecule has 2 aromatic carbocycles. The van der Waals surface area contributed by atoms with Gasteiger partial charge in [0.2, 0.25) is 0 Å². The van der Waals surface area contributed by atoms with Crippen LogP contribution in [0.3, 0.4) is 0 Å². The third kappa shape index (κ3) is 3.20. The van der Waals surface area contributed by atoms with Crippen molar-refractivity contribution in [2.45, 2.75) is 6.92 Å². The molecule has 26 heavy (non-hydrogen) atoms. The first-order chi connectivity index (χ1) is 12.5. The standard InChI is InChI=1S/C19H18N4O3/c1-12-8-9-14(19(25)22-26-2)10-16(12)23-18(20)15(11-21-23)17(24)13-6-4-3-5-7-13/h3-11H,20H2,1-2H3,(H,22,25). The summed E-state index contributed by atoms with van der Waals surface area (Å²) >= 11 is 0. The highest BCUT2D eigenvalue weighted by Gasteiger charge is 2.19. The van der Waals surface area contributed by atoms with E-state index in [1.54, 1.807) is 42.5 Å². The molecule has 0 saturated heterocycles. The number of aryl methyl sites for hydroxylation is 1. The number of carbonyl (C=O) groups is 2. The fourth-order valence-electron chi connectivity index (χ4n) is 2.60. The molecular weight excluding hydrogens is 332 g/mol. The van der Waals surface area contributed by atoms with E-state index in [1.807, 2.05) is 13.0 Å². The van der Waals surface area contributed by atoms with Crippen LogP contribution in [0.5, 0.6) is 0 Å². The fourth-order valence-corrected chi connectivity index (χ4v) is 2.60. The highest BCUT2D eigenvalue weighted by molar-refractivity contribution is 6.11. The van der Waals surface area contributed by atoms with Crippen molar-refractivity contribution in [1.82, 2.24) is 15.3 Å². The normalized spacial score (nSPS) is 10.5. The third-order valence-electron chi connectivity index (χ3n) is 3.98. The molecule has 0 atom stereocenters. The molecule has 132 valence electrons. The van der Waals surface area contributed by atoms with Crippen molar-refractivity contribution in [3.63, 3.8) is 0 Å². The number of nitrogens with zero attached hydrogens (tertiary/aromatic N) is 2. The van der Waals surface area contributed by atoms with E-state index in [0.29, 0.717) is 22.4 Å². The minimum absolute atomic E-state index is 0.208. The summed E-state index contributed by atoms with van der Waals surface area (Å²) in [5, 5.41) is 4.25. The zero-order chi connectivity index (χ0) is 18.7. The molecule has 0 aliphatic rings. The van der Waals surface area contributed by atoms with Crippen LogP contribution in [0, 0.1) is 6.92 Å². The van der Waals surface area contributed by atoms with Gasteiger partial charge in [-0.05, 0) is 24.6 Å². The first-order valence-electron chi connectivity index (χ1n) is 7.90. The van der Waals surface area contributed by atoms with Crippen molar-refractivity contribution < 1.29 is 14.4 Å². The van der Waals surface area contributed by atoms with Crippen molar-refractivity contribution in [2.75, 3.05) is 12.8 Å². The highest BCUT2D eigenvalue weighted by atomic mass is 16.6. The van der Waals surface area contributed by atoms with Gasteiger partial charge in [-0.2, -0.15) is 5.10 Å². The summed E-state index contributed by atoms with van der Waals surface area (Å²) in [6.07, 6.45) is 1.44. The van der Waals surface area contributed by atoms with Crippen LogP contribution in [0.4, 0.5) is 5.82 Å². The Morgan fingerprint density at radius 1 is 1.12 bits per heavy atom. The second-order valence-corrected chi connectivity index (χ2v) is 5.69. The topological polar surface area (TPSA) is 99.2 Å². The molecule has 0 bridgehead atoms. The van der Waals surface area contributed by atoms with Crippen molar-refractivity contribution in [1.29, 1.82) is 0 Å². The van der Waals surface area contributed by atoms with Crippen LogP contribution in [0.25, 0.3) is 5.69 Å². The predicted molar refractivity (Wildman–Crippen MR) is 97.1 cm³/mol. The Balaban J connectivity index is 2.01. The van der Waals surface area contributed by atoms with Gasteiger partial charge in [0.05, 0.1) is 24.6 Å². The lowest BCUT2D eigenvalue weighted by Gasteiger charge is -2.11. The second-order valence-electron chi connectivity index (χ2n) is 5.69. The number of nitrogens with two attached hydrogens (primary N) is 1. The Labute approximate surface area is 150 Å². The average molecular weight is 350 g/mol. The largest absolute Gasteiger partial charge is 0.383 e. The summed E-state index contributed by atoms with van der Waals surface area (Å²) in [5.41, 5.74) is 11.1. The summed E-state index contributed by atoms with van der Waals surface area (Å²) in [7, 11) is 1.36. The van der Waals surface area contributed by atoms with Crippen LogP contribution in [-0.2, 0) is 4.84 Å². The number of hydroxylamine groups is 1. The second kappa shape index (κ2) is 7.20. The lowest BCUT2D eigenvalue weighted by Crippen LogP contribution is -2.22. The van der Waals surface area contributed by atoms with Gasteiger partial charge in [-0.3, -0.25) is 14.4 Å². The Hall–Kier alpha value is -3.45. The number of carbonyl (C=O) groups excluding carboxylic acids is 2. The molecule has 3 rings (SSSR count). The monoisotopic (exact) mass is 350 g/mol. The van der Waals surface area contributed by atoms with Crippen LogP contribution in [0.15, 0.2) is 54.7 Å². The molecular formula is C19H18N4O3. The average Bonchev–Trinajstić information content (AvgIpc) is 3.03. The fraction of sp³-hybridized carbons (Fsp3) is 0.105. The van der Waals surface area contributed by atoms with E-state index in [0.717, 1.165) is 5.56 Å². The number of benzene rings is 2. The summed E-state index contributed by atoms with van der Waals surface area (Å²) in [6.45, 7) is 1.87. The highest BCUT2D eigenvalue weighted by Crippen LogP contribution is 2.23. The number of hydrogen-bond acceptors (Lipinski definition) is 5. The number of rotatable bonds is 5. The van der Waals surface area contributed by atoms with Crippen molar-refractivity contribution in [3.05, 3.63) is 77.0 Å². The van der Waals surface area contributed by atoms with Gasteiger partial charge in [0.1, 0.15) is 5.82 Å². The number of amides is 1. The molecule has 1 amide bonds. The minimum atomic E-state index is -0.389. The van der Waals surface area contributed by atoms with Crippen LogP contribution < -0.4 is 11.2 Å². The maximum atomic E-state index is 12.6. The zero-order valence-electron chi connectivity index (χ0n) is 14.4. The third-order valence-corrected chi connectivity index (χ3v) is 3.98. The molecule has 3 aromatic rings. The molecule has 1 aromatic heterocycles. The number of ketones is 1. The van der Waals surface area contributed by atoms with Crippen LogP contribution in [0.2, 0.25) is 0 Å². The summed E-state index contributed by atoms with van der Waals surface area (Å²) in [4.78, 5) is 29.3. The molecule has 0 saturated carbocycles. The van der Waals surface area contributed by atoms with E-state index in [9.17, 15) is 9.59 Å². The van der Waals surface area contributed by atoms with Crippen LogP contribution >= 0.6 is 0 Å².